The fourth-order valence-electron chi connectivity index (χ4n) is 1.14. The third-order valence-electron chi connectivity index (χ3n) is 3.32. The summed E-state index contributed by atoms with van der Waals surface area (Å²) < 4.78 is 6.23. The third kappa shape index (κ3) is 3.73. The first-order valence-electron chi connectivity index (χ1n) is 5.71. The van der Waals surface area contributed by atoms with Gasteiger partial charge in [-0.15, -0.1) is 0 Å². The molecule has 0 fully saturated rings. The minimum Gasteiger partial charge on any atom is -0.542 e. The second-order valence-corrected chi connectivity index (χ2v) is 11.5. The van der Waals surface area contributed by atoms with Crippen molar-refractivity contribution in [3.63, 3.8) is 0 Å². The number of rotatable bonds is 3. The molecule has 1 nitrogen and oxygen atoms in total. The molecular formula is C13H20BrClOSi. The molecule has 0 atom stereocenters. The Labute approximate surface area is 119 Å². The number of alkyl halides is 1. The number of benzene rings is 1. The van der Waals surface area contributed by atoms with Crippen LogP contribution in [0.3, 0.4) is 0 Å². The van der Waals surface area contributed by atoms with Gasteiger partial charge in [-0.2, -0.15) is 0 Å². The zero-order valence-corrected chi connectivity index (χ0v) is 14.4. The van der Waals surface area contributed by atoms with E-state index >= 15 is 0 Å². The first kappa shape index (κ1) is 15.1. The van der Waals surface area contributed by atoms with Crippen LogP contribution in [-0.2, 0) is 5.33 Å². The van der Waals surface area contributed by atoms with Gasteiger partial charge < -0.3 is 4.43 Å². The van der Waals surface area contributed by atoms with E-state index in [1.54, 1.807) is 0 Å². The van der Waals surface area contributed by atoms with Gasteiger partial charge in [0, 0.05) is 5.33 Å². The van der Waals surface area contributed by atoms with Gasteiger partial charge in [0.15, 0.2) is 0 Å². The van der Waals surface area contributed by atoms with Crippen molar-refractivity contribution >= 4 is 35.8 Å². The van der Waals surface area contributed by atoms with Gasteiger partial charge in [-0.1, -0.05) is 54.4 Å². The van der Waals surface area contributed by atoms with Crippen LogP contribution in [0.25, 0.3) is 0 Å². The quantitative estimate of drug-likeness (QED) is 0.514. The smallest absolute Gasteiger partial charge is 0.250 e. The average molecular weight is 336 g/mol. The van der Waals surface area contributed by atoms with Crippen molar-refractivity contribution in [1.82, 2.24) is 0 Å². The zero-order chi connectivity index (χ0) is 13.3. The zero-order valence-electron chi connectivity index (χ0n) is 11.1. The van der Waals surface area contributed by atoms with Gasteiger partial charge in [-0.25, -0.2) is 0 Å². The lowest BCUT2D eigenvalue weighted by atomic mass is 10.2. The lowest BCUT2D eigenvalue weighted by Gasteiger charge is -2.36. The highest BCUT2D eigenvalue weighted by molar-refractivity contribution is 9.08. The molecule has 0 aromatic heterocycles. The van der Waals surface area contributed by atoms with Crippen molar-refractivity contribution in [1.29, 1.82) is 0 Å². The Hall–Kier alpha value is 0.00688. The molecule has 0 saturated carbocycles. The van der Waals surface area contributed by atoms with Crippen molar-refractivity contribution in [3.05, 3.63) is 28.8 Å². The summed E-state index contributed by atoms with van der Waals surface area (Å²) in [5, 5.41) is 1.69. The van der Waals surface area contributed by atoms with Gasteiger partial charge in [0.05, 0.1) is 5.02 Å². The first-order valence-corrected chi connectivity index (χ1v) is 10.1. The Morgan fingerprint density at radius 2 is 1.88 bits per heavy atom. The summed E-state index contributed by atoms with van der Waals surface area (Å²) in [7, 11) is -1.81. The van der Waals surface area contributed by atoms with Crippen LogP contribution in [0.1, 0.15) is 26.3 Å². The minimum atomic E-state index is -1.81. The van der Waals surface area contributed by atoms with Crippen molar-refractivity contribution in [2.24, 2.45) is 0 Å². The van der Waals surface area contributed by atoms with E-state index in [1.165, 1.54) is 5.56 Å². The van der Waals surface area contributed by atoms with Gasteiger partial charge >= 0.3 is 0 Å². The van der Waals surface area contributed by atoms with Gasteiger partial charge in [0.25, 0.3) is 8.32 Å². The molecule has 0 aliphatic carbocycles. The Balaban J connectivity index is 3.02. The van der Waals surface area contributed by atoms with Crippen LogP contribution in [0, 0.1) is 0 Å². The number of hydrogen-bond acceptors (Lipinski definition) is 1. The molecule has 17 heavy (non-hydrogen) atoms. The Morgan fingerprint density at radius 3 is 2.35 bits per heavy atom. The predicted molar refractivity (Wildman–Crippen MR) is 81.9 cm³/mol. The maximum absolute atomic E-state index is 6.23. The summed E-state index contributed by atoms with van der Waals surface area (Å²) in [6, 6.07) is 5.94. The highest BCUT2D eigenvalue weighted by Gasteiger charge is 2.39. The van der Waals surface area contributed by atoms with Crippen LogP contribution < -0.4 is 4.43 Å². The molecule has 0 aliphatic rings. The van der Waals surface area contributed by atoms with Crippen LogP contribution in [-0.4, -0.2) is 8.32 Å². The second-order valence-electron chi connectivity index (χ2n) is 5.76. The fourth-order valence-corrected chi connectivity index (χ4v) is 2.73. The van der Waals surface area contributed by atoms with Gasteiger partial charge in [0.2, 0.25) is 0 Å². The SMILES string of the molecule is CC(C)(C)[Si](C)(C)Oc1cc(CBr)ccc1Cl. The summed E-state index contributed by atoms with van der Waals surface area (Å²) >= 11 is 9.64. The normalized spacial score (nSPS) is 12.6. The van der Waals surface area contributed by atoms with Crippen LogP contribution in [0.2, 0.25) is 23.2 Å². The van der Waals surface area contributed by atoms with E-state index in [0.29, 0.717) is 5.02 Å². The molecule has 0 N–H and O–H groups in total. The molecule has 0 radical (unpaired) electrons. The van der Waals surface area contributed by atoms with Crippen molar-refractivity contribution in [2.75, 3.05) is 0 Å². The van der Waals surface area contributed by atoms with Crippen molar-refractivity contribution in [2.45, 2.75) is 44.2 Å². The van der Waals surface area contributed by atoms with Crippen molar-refractivity contribution < 1.29 is 4.43 Å². The summed E-state index contributed by atoms with van der Waals surface area (Å²) in [6.45, 7) is 11.1. The monoisotopic (exact) mass is 334 g/mol. The van der Waals surface area contributed by atoms with E-state index in [9.17, 15) is 0 Å². The Bertz CT molecular complexity index is 399. The molecule has 0 spiro atoms. The van der Waals surface area contributed by atoms with Gasteiger partial charge in [-0.05, 0) is 35.8 Å². The van der Waals surface area contributed by atoms with E-state index in [0.717, 1.165) is 11.1 Å². The first-order chi connectivity index (χ1) is 7.67. The van der Waals surface area contributed by atoms with E-state index in [1.807, 2.05) is 18.2 Å². The number of hydrogen-bond donors (Lipinski definition) is 0. The minimum absolute atomic E-state index is 0.181. The standard InChI is InChI=1S/C13H20BrClOSi/c1-13(2,3)17(4,5)16-12-8-10(9-14)6-7-11(12)15/h6-8H,9H2,1-5H3. The Morgan fingerprint density at radius 1 is 1.29 bits per heavy atom. The number of halogens is 2. The molecule has 1 aromatic carbocycles. The van der Waals surface area contributed by atoms with Gasteiger partial charge in [-0.3, -0.25) is 0 Å². The lowest BCUT2D eigenvalue weighted by molar-refractivity contribution is 0.492. The predicted octanol–water partition coefficient (Wildman–Crippen LogP) is 5.62. The third-order valence-corrected chi connectivity index (χ3v) is 8.62. The lowest BCUT2D eigenvalue weighted by Crippen LogP contribution is -2.43. The van der Waals surface area contributed by atoms with E-state index in [2.05, 4.69) is 49.8 Å². The summed E-state index contributed by atoms with van der Waals surface area (Å²) in [5.41, 5.74) is 1.18. The molecule has 1 aromatic rings. The molecule has 96 valence electrons. The molecule has 0 unspecified atom stereocenters. The van der Waals surface area contributed by atoms with Gasteiger partial charge in [0.1, 0.15) is 5.75 Å². The second kappa shape index (κ2) is 5.33. The molecule has 0 bridgehead atoms. The van der Waals surface area contributed by atoms with Crippen LogP contribution in [0.4, 0.5) is 0 Å². The van der Waals surface area contributed by atoms with E-state index < -0.39 is 8.32 Å². The van der Waals surface area contributed by atoms with Crippen LogP contribution >= 0.6 is 27.5 Å². The largest absolute Gasteiger partial charge is 0.542 e. The molecule has 0 saturated heterocycles. The maximum atomic E-state index is 6.23. The molecule has 0 heterocycles. The maximum Gasteiger partial charge on any atom is 0.250 e. The summed E-state index contributed by atoms with van der Waals surface area (Å²) in [4.78, 5) is 0. The highest BCUT2D eigenvalue weighted by atomic mass is 79.9. The Kier molecular flexibility index (Phi) is 4.72. The van der Waals surface area contributed by atoms with Crippen LogP contribution in [0.15, 0.2) is 18.2 Å². The van der Waals surface area contributed by atoms with Crippen molar-refractivity contribution in [3.8, 4) is 5.75 Å². The van der Waals surface area contributed by atoms with Crippen LogP contribution in [0.5, 0.6) is 5.75 Å². The topological polar surface area (TPSA) is 9.23 Å². The molecular weight excluding hydrogens is 316 g/mol. The highest BCUT2D eigenvalue weighted by Crippen LogP contribution is 2.39. The summed E-state index contributed by atoms with van der Waals surface area (Å²) in [5.74, 6) is 0.815. The fraction of sp³-hybridized carbons (Fsp3) is 0.538. The molecule has 1 rings (SSSR count). The average Bonchev–Trinajstić information content (AvgIpc) is 2.19. The van der Waals surface area contributed by atoms with E-state index in [4.69, 9.17) is 16.0 Å². The molecule has 0 amide bonds. The molecule has 4 heteroatoms. The molecule has 0 aliphatic heterocycles. The summed E-state index contributed by atoms with van der Waals surface area (Å²) in [6.07, 6.45) is 0. The van der Waals surface area contributed by atoms with E-state index in [-0.39, 0.29) is 5.04 Å².